The molecule has 0 saturated carbocycles. The summed E-state index contributed by atoms with van der Waals surface area (Å²) in [4.78, 5) is 29.6. The molecule has 1 heterocycles. The second-order valence-electron chi connectivity index (χ2n) is 7.15. The predicted octanol–water partition coefficient (Wildman–Crippen LogP) is 3.81. The highest BCUT2D eigenvalue weighted by Crippen LogP contribution is 2.39. The molecular weight excluding hydrogens is 324 g/mol. The number of anilines is 2. The molecule has 128 valence electrons. The highest BCUT2D eigenvalue weighted by atomic mass is 16.2. The summed E-state index contributed by atoms with van der Waals surface area (Å²) in [6, 6.07) is 15.3. The summed E-state index contributed by atoms with van der Waals surface area (Å²) >= 11 is 0. The third-order valence-electron chi connectivity index (χ3n) is 5.49. The first-order valence-corrected chi connectivity index (χ1v) is 8.80. The highest BCUT2D eigenvalue weighted by Gasteiger charge is 2.35. The van der Waals surface area contributed by atoms with E-state index in [4.69, 9.17) is 0 Å². The quantitative estimate of drug-likeness (QED) is 0.665. The summed E-state index contributed by atoms with van der Waals surface area (Å²) < 4.78 is 0. The number of benzene rings is 3. The molecule has 0 bridgehead atoms. The van der Waals surface area contributed by atoms with Crippen LogP contribution in [0.3, 0.4) is 0 Å². The van der Waals surface area contributed by atoms with Crippen molar-refractivity contribution in [2.24, 2.45) is 0 Å². The van der Waals surface area contributed by atoms with Gasteiger partial charge in [0.25, 0.3) is 11.8 Å². The minimum Gasteiger partial charge on any atom is -0.378 e. The third kappa shape index (κ3) is 1.90. The third-order valence-corrected chi connectivity index (χ3v) is 5.49. The predicted molar refractivity (Wildman–Crippen MR) is 103 cm³/mol. The lowest BCUT2D eigenvalue weighted by atomic mass is 9.91. The van der Waals surface area contributed by atoms with Gasteiger partial charge in [-0.25, -0.2) is 4.90 Å². The molecule has 0 spiro atoms. The van der Waals surface area contributed by atoms with Crippen LogP contribution in [0.1, 0.15) is 31.8 Å². The Hall–Kier alpha value is -3.14. The number of aryl methyl sites for hydroxylation is 2. The van der Waals surface area contributed by atoms with Crippen molar-refractivity contribution in [3.8, 4) is 0 Å². The van der Waals surface area contributed by atoms with Crippen molar-refractivity contribution in [1.82, 2.24) is 0 Å². The Morgan fingerprint density at radius 1 is 0.731 bits per heavy atom. The molecule has 0 atom stereocenters. The van der Waals surface area contributed by atoms with Crippen molar-refractivity contribution in [3.63, 3.8) is 0 Å². The second kappa shape index (κ2) is 5.18. The van der Waals surface area contributed by atoms with Crippen LogP contribution in [0.15, 0.2) is 48.5 Å². The van der Waals surface area contributed by atoms with Gasteiger partial charge in [0.15, 0.2) is 0 Å². The lowest BCUT2D eigenvalue weighted by Crippen LogP contribution is -2.40. The number of hydrogen-bond acceptors (Lipinski definition) is 3. The minimum atomic E-state index is -0.240. The molecule has 0 N–H and O–H groups in total. The minimum absolute atomic E-state index is 0.240. The maximum Gasteiger partial charge on any atom is 0.265 e. The first-order valence-electron chi connectivity index (χ1n) is 8.80. The van der Waals surface area contributed by atoms with Crippen LogP contribution < -0.4 is 9.80 Å². The molecule has 3 aromatic rings. The largest absolute Gasteiger partial charge is 0.378 e. The molecule has 4 nitrogen and oxygen atoms in total. The van der Waals surface area contributed by atoms with Gasteiger partial charge < -0.3 is 4.90 Å². The summed E-state index contributed by atoms with van der Waals surface area (Å²) in [6.07, 6.45) is 1.96. The van der Waals surface area contributed by atoms with E-state index in [2.05, 4.69) is 0 Å². The van der Waals surface area contributed by atoms with Crippen molar-refractivity contribution in [2.45, 2.75) is 12.8 Å². The van der Waals surface area contributed by atoms with Gasteiger partial charge in [0.05, 0.1) is 5.69 Å². The van der Waals surface area contributed by atoms with Crippen LogP contribution >= 0.6 is 0 Å². The first-order chi connectivity index (χ1) is 12.6. The Balaban J connectivity index is 1.70. The molecule has 26 heavy (non-hydrogen) atoms. The van der Waals surface area contributed by atoms with Crippen molar-refractivity contribution in [3.05, 3.63) is 70.8 Å². The number of hydrogen-bond donors (Lipinski definition) is 0. The molecule has 4 heteroatoms. The van der Waals surface area contributed by atoms with Gasteiger partial charge >= 0.3 is 0 Å². The zero-order valence-corrected chi connectivity index (χ0v) is 14.7. The molecule has 5 rings (SSSR count). The van der Waals surface area contributed by atoms with E-state index >= 15 is 0 Å². The van der Waals surface area contributed by atoms with Gasteiger partial charge in [-0.1, -0.05) is 12.1 Å². The molecule has 1 aliphatic heterocycles. The van der Waals surface area contributed by atoms with Gasteiger partial charge in [0.2, 0.25) is 0 Å². The van der Waals surface area contributed by atoms with E-state index in [9.17, 15) is 9.59 Å². The molecule has 2 amide bonds. The van der Waals surface area contributed by atoms with E-state index in [1.807, 2.05) is 67.5 Å². The Kier molecular flexibility index (Phi) is 3.02. The van der Waals surface area contributed by atoms with E-state index in [-0.39, 0.29) is 11.8 Å². The van der Waals surface area contributed by atoms with Crippen LogP contribution in [0, 0.1) is 0 Å². The van der Waals surface area contributed by atoms with Gasteiger partial charge in [-0.3, -0.25) is 9.59 Å². The fraction of sp³-hybridized carbons (Fsp3) is 0.182. The van der Waals surface area contributed by atoms with Gasteiger partial charge in [0, 0.05) is 36.3 Å². The molecule has 0 radical (unpaired) electrons. The number of rotatable bonds is 2. The van der Waals surface area contributed by atoms with Crippen molar-refractivity contribution < 1.29 is 9.59 Å². The van der Waals surface area contributed by atoms with Crippen LogP contribution in [0.5, 0.6) is 0 Å². The summed E-state index contributed by atoms with van der Waals surface area (Å²) in [6.45, 7) is 0. The van der Waals surface area contributed by atoms with Gasteiger partial charge in [0.1, 0.15) is 0 Å². The van der Waals surface area contributed by atoms with Crippen molar-refractivity contribution in [2.75, 3.05) is 23.9 Å². The van der Waals surface area contributed by atoms with E-state index < -0.39 is 0 Å². The number of nitrogens with zero attached hydrogens (tertiary/aromatic N) is 2. The summed E-state index contributed by atoms with van der Waals surface area (Å²) in [7, 11) is 3.92. The standard InChI is InChI=1S/C22H18N2O2/c1-23(2)15-7-9-16(10-8-15)24-21(25)17-11-5-13-3-4-14-6-12-18(22(24)26)20(17)19(13)14/h5-12H,3-4H2,1-2H3. The Morgan fingerprint density at radius 3 is 1.77 bits per heavy atom. The average Bonchev–Trinajstić information content (AvgIpc) is 3.07. The van der Waals surface area contributed by atoms with E-state index in [1.165, 1.54) is 16.0 Å². The number of imide groups is 1. The summed E-state index contributed by atoms with van der Waals surface area (Å²) in [5.74, 6) is -0.480. The van der Waals surface area contributed by atoms with E-state index in [1.54, 1.807) is 0 Å². The van der Waals surface area contributed by atoms with E-state index in [0.29, 0.717) is 16.8 Å². The van der Waals surface area contributed by atoms with E-state index in [0.717, 1.165) is 29.3 Å². The van der Waals surface area contributed by atoms with Crippen LogP contribution in [-0.2, 0) is 12.8 Å². The van der Waals surface area contributed by atoms with Crippen LogP contribution in [0.25, 0.3) is 10.8 Å². The normalized spacial score (nSPS) is 15.1. The van der Waals surface area contributed by atoms with Crippen molar-refractivity contribution >= 4 is 34.0 Å². The molecular formula is C22H18N2O2. The lowest BCUT2D eigenvalue weighted by Gasteiger charge is -2.28. The lowest BCUT2D eigenvalue weighted by molar-refractivity contribution is 0.0893. The first kappa shape index (κ1) is 15.1. The van der Waals surface area contributed by atoms with Crippen LogP contribution in [0.2, 0.25) is 0 Å². The molecule has 2 aliphatic rings. The molecule has 0 fully saturated rings. The van der Waals surface area contributed by atoms with Gasteiger partial charge in [-0.15, -0.1) is 0 Å². The second-order valence-corrected chi connectivity index (χ2v) is 7.15. The van der Waals surface area contributed by atoms with Crippen molar-refractivity contribution in [1.29, 1.82) is 0 Å². The van der Waals surface area contributed by atoms with Crippen LogP contribution in [0.4, 0.5) is 11.4 Å². The topological polar surface area (TPSA) is 40.6 Å². The van der Waals surface area contributed by atoms with Gasteiger partial charge in [-0.05, 0) is 65.8 Å². The molecule has 0 saturated heterocycles. The Morgan fingerprint density at radius 2 is 1.27 bits per heavy atom. The average molecular weight is 342 g/mol. The fourth-order valence-corrected chi connectivity index (χ4v) is 4.15. The van der Waals surface area contributed by atoms with Gasteiger partial charge in [-0.2, -0.15) is 0 Å². The number of carbonyl (C=O) groups is 2. The molecule has 0 unspecified atom stereocenters. The fourth-order valence-electron chi connectivity index (χ4n) is 4.15. The highest BCUT2D eigenvalue weighted by molar-refractivity contribution is 6.36. The SMILES string of the molecule is CN(C)c1ccc(N2C(=O)c3ccc4c5c(ccc(c35)C2=O)CC4)cc1. The molecule has 3 aromatic carbocycles. The number of amides is 2. The molecule has 1 aliphatic carbocycles. The number of carbonyl (C=O) groups excluding carboxylic acids is 2. The Labute approximate surface area is 151 Å². The van der Waals surface area contributed by atoms with Crippen LogP contribution in [-0.4, -0.2) is 25.9 Å². The maximum absolute atomic E-state index is 13.2. The molecule has 0 aromatic heterocycles. The maximum atomic E-state index is 13.2. The summed E-state index contributed by atoms with van der Waals surface area (Å²) in [5, 5.41) is 1.96. The monoisotopic (exact) mass is 342 g/mol. The zero-order chi connectivity index (χ0) is 18.0. The summed E-state index contributed by atoms with van der Waals surface area (Å²) in [5.41, 5.74) is 5.35. The zero-order valence-electron chi connectivity index (χ0n) is 14.7. The smallest absolute Gasteiger partial charge is 0.265 e. The Bertz CT molecular complexity index is 1040.